The van der Waals surface area contributed by atoms with Gasteiger partial charge in [-0.25, -0.2) is 23.4 Å². The second kappa shape index (κ2) is 9.24. The summed E-state index contributed by atoms with van der Waals surface area (Å²) in [7, 11) is -3.75. The Kier molecular flexibility index (Phi) is 5.73. The summed E-state index contributed by atoms with van der Waals surface area (Å²) in [5.41, 5.74) is 3.54. The predicted octanol–water partition coefficient (Wildman–Crippen LogP) is 5.84. The van der Waals surface area contributed by atoms with Crippen LogP contribution in [0.2, 0.25) is 0 Å². The topological polar surface area (TPSA) is 117 Å². The summed E-state index contributed by atoms with van der Waals surface area (Å²) in [5, 5.41) is 11.9. The maximum absolute atomic E-state index is 12.2. The average molecular weight is 522 g/mol. The molecule has 0 aliphatic carbocycles. The number of sulfonamides is 1. The molecule has 3 aromatic carbocycles. The number of benzene rings is 3. The van der Waals surface area contributed by atoms with Crippen LogP contribution in [0.15, 0.2) is 97.4 Å². The van der Waals surface area contributed by atoms with Crippen LogP contribution in [0.3, 0.4) is 0 Å². The lowest BCUT2D eigenvalue weighted by Crippen LogP contribution is -2.23. The molecule has 0 bridgehead atoms. The molecule has 2 N–H and O–H groups in total. The highest BCUT2D eigenvalue weighted by Crippen LogP contribution is 2.42. The molecular formula is C28H23N7O2S. The molecule has 6 rings (SSSR count). The zero-order valence-electron chi connectivity index (χ0n) is 20.4. The minimum absolute atomic E-state index is 0.149. The molecule has 6 aromatic rings. The smallest absolute Gasteiger partial charge is 0.255 e. The van der Waals surface area contributed by atoms with Gasteiger partial charge in [-0.2, -0.15) is 5.10 Å². The normalized spacial score (nSPS) is 12.6. The number of aromatic amines is 1. The Morgan fingerprint density at radius 2 is 1.71 bits per heavy atom. The molecule has 0 amide bonds. The number of hydrogen-bond donors (Lipinski definition) is 2. The first kappa shape index (κ1) is 23.6. The molecule has 38 heavy (non-hydrogen) atoms. The van der Waals surface area contributed by atoms with Crippen molar-refractivity contribution in [1.82, 2.24) is 25.1 Å². The molecule has 0 fully saturated rings. The van der Waals surface area contributed by atoms with E-state index in [-0.39, 0.29) is 11.9 Å². The third-order valence-electron chi connectivity index (χ3n) is 6.56. The van der Waals surface area contributed by atoms with Gasteiger partial charge in [0.05, 0.1) is 35.2 Å². The highest BCUT2D eigenvalue weighted by molar-refractivity contribution is 7.95. The van der Waals surface area contributed by atoms with E-state index in [2.05, 4.69) is 73.6 Å². The first-order valence-corrected chi connectivity index (χ1v) is 13.4. The third kappa shape index (κ3) is 4.10. The number of nitrogens with one attached hydrogen (secondary N) is 2. The van der Waals surface area contributed by atoms with Gasteiger partial charge in [0.15, 0.2) is 0 Å². The first-order valence-electron chi connectivity index (χ1n) is 11.9. The summed E-state index contributed by atoms with van der Waals surface area (Å²) in [6.45, 7) is 5.47. The zero-order chi connectivity index (χ0) is 26.3. The molecular weight excluding hydrogens is 498 g/mol. The highest BCUT2D eigenvalue weighted by Gasteiger charge is 2.25. The van der Waals surface area contributed by atoms with Gasteiger partial charge < -0.3 is 4.90 Å². The van der Waals surface area contributed by atoms with Crippen LogP contribution in [0.4, 0.5) is 17.3 Å². The van der Waals surface area contributed by atoms with Gasteiger partial charge in [0.1, 0.15) is 18.0 Å². The third-order valence-corrected chi connectivity index (χ3v) is 7.49. The van der Waals surface area contributed by atoms with Crippen LogP contribution in [0.25, 0.3) is 32.6 Å². The van der Waals surface area contributed by atoms with E-state index < -0.39 is 10.0 Å². The van der Waals surface area contributed by atoms with Crippen LogP contribution in [-0.4, -0.2) is 33.6 Å². The molecule has 3 aromatic heterocycles. The highest BCUT2D eigenvalue weighted by atomic mass is 32.2. The van der Waals surface area contributed by atoms with Crippen LogP contribution in [0, 0.1) is 0 Å². The van der Waals surface area contributed by atoms with E-state index in [9.17, 15) is 8.42 Å². The molecule has 0 radical (unpaired) electrons. The van der Waals surface area contributed by atoms with Crippen molar-refractivity contribution in [1.29, 1.82) is 0 Å². The number of nitrogens with zero attached hydrogens (tertiary/aromatic N) is 5. The molecule has 0 saturated heterocycles. The van der Waals surface area contributed by atoms with E-state index in [4.69, 9.17) is 4.98 Å². The Morgan fingerprint density at radius 3 is 2.50 bits per heavy atom. The van der Waals surface area contributed by atoms with Crippen molar-refractivity contribution in [3.05, 3.63) is 103 Å². The summed E-state index contributed by atoms with van der Waals surface area (Å²) in [5.74, 6) is 0.761. The van der Waals surface area contributed by atoms with E-state index in [1.165, 1.54) is 12.5 Å². The monoisotopic (exact) mass is 521 g/mol. The van der Waals surface area contributed by atoms with E-state index in [0.717, 1.165) is 38.3 Å². The Bertz CT molecular complexity index is 1920. The summed E-state index contributed by atoms with van der Waals surface area (Å²) < 4.78 is 26.8. The Morgan fingerprint density at radius 1 is 0.947 bits per heavy atom. The Hall–Kier alpha value is -4.83. The molecule has 0 saturated carbocycles. The van der Waals surface area contributed by atoms with Crippen LogP contribution < -0.4 is 9.62 Å². The number of anilines is 3. The number of fused-ring (bicyclic) bond motifs is 4. The lowest BCUT2D eigenvalue weighted by Gasteiger charge is -2.32. The number of hydrogen-bond acceptors (Lipinski definition) is 7. The molecule has 1 unspecified atom stereocenters. The number of aromatic nitrogens is 5. The largest absolute Gasteiger partial charge is 0.318 e. The molecule has 188 valence electrons. The second-order valence-corrected chi connectivity index (χ2v) is 10.5. The molecule has 0 aliphatic rings. The average Bonchev–Trinajstić information content (AvgIpc) is 3.43. The second-order valence-electron chi connectivity index (χ2n) is 8.83. The van der Waals surface area contributed by atoms with Gasteiger partial charge in [-0.1, -0.05) is 61.2 Å². The van der Waals surface area contributed by atoms with E-state index in [0.29, 0.717) is 16.7 Å². The minimum atomic E-state index is -3.75. The summed E-state index contributed by atoms with van der Waals surface area (Å²) in [6.07, 6.45) is 4.83. The van der Waals surface area contributed by atoms with Gasteiger partial charge in [-0.05, 0) is 24.6 Å². The van der Waals surface area contributed by atoms with Crippen molar-refractivity contribution in [2.24, 2.45) is 0 Å². The van der Waals surface area contributed by atoms with E-state index in [1.54, 1.807) is 12.3 Å². The van der Waals surface area contributed by atoms with E-state index in [1.807, 2.05) is 30.3 Å². The van der Waals surface area contributed by atoms with Crippen molar-refractivity contribution in [3.63, 3.8) is 0 Å². The summed E-state index contributed by atoms with van der Waals surface area (Å²) in [4.78, 5) is 15.5. The standard InChI is InChI=1S/C28H23N7O2S/c1-3-38(36,37)34-26-14-23-24(16-29-26)30-17-31-28(23)35(18(2)19-9-5-4-6-10-19)25-13-20-15-32-33-27(20)22-12-8-7-11-21(22)25/h3-18H,1H2,2H3,(H,29,34)(H,32,33). The lowest BCUT2D eigenvalue weighted by molar-refractivity contribution is 0.609. The Balaban J connectivity index is 1.65. The fourth-order valence-electron chi connectivity index (χ4n) is 4.74. The lowest BCUT2D eigenvalue weighted by atomic mass is 10.0. The quantitative estimate of drug-likeness (QED) is 0.271. The number of pyridine rings is 1. The first-order chi connectivity index (χ1) is 18.4. The summed E-state index contributed by atoms with van der Waals surface area (Å²) >= 11 is 0. The van der Waals surface area contributed by atoms with Gasteiger partial charge in [-0.3, -0.25) is 9.82 Å². The van der Waals surface area contributed by atoms with Crippen molar-refractivity contribution >= 4 is 59.9 Å². The van der Waals surface area contributed by atoms with Crippen molar-refractivity contribution in [2.75, 3.05) is 9.62 Å². The van der Waals surface area contributed by atoms with Crippen molar-refractivity contribution < 1.29 is 8.42 Å². The van der Waals surface area contributed by atoms with Crippen LogP contribution >= 0.6 is 0 Å². The number of H-pyrrole nitrogens is 1. The fourth-order valence-corrected chi connectivity index (χ4v) is 5.22. The molecule has 0 aliphatic heterocycles. The maximum Gasteiger partial charge on any atom is 0.255 e. The fraction of sp³-hybridized carbons (Fsp3) is 0.0714. The van der Waals surface area contributed by atoms with Crippen molar-refractivity contribution in [3.8, 4) is 0 Å². The van der Waals surface area contributed by atoms with Gasteiger partial charge in [0, 0.05) is 27.0 Å². The van der Waals surface area contributed by atoms with Crippen molar-refractivity contribution in [2.45, 2.75) is 13.0 Å². The van der Waals surface area contributed by atoms with Gasteiger partial charge >= 0.3 is 0 Å². The predicted molar refractivity (Wildman–Crippen MR) is 151 cm³/mol. The zero-order valence-corrected chi connectivity index (χ0v) is 21.2. The van der Waals surface area contributed by atoms with Gasteiger partial charge in [0.2, 0.25) is 0 Å². The van der Waals surface area contributed by atoms with Gasteiger partial charge in [-0.15, -0.1) is 0 Å². The Labute approximate surface area is 218 Å². The molecule has 3 heterocycles. The molecule has 10 heteroatoms. The molecule has 1 atom stereocenters. The summed E-state index contributed by atoms with van der Waals surface area (Å²) in [6, 6.07) is 21.9. The van der Waals surface area contributed by atoms with Crippen LogP contribution in [0.5, 0.6) is 0 Å². The SMILES string of the molecule is C=CS(=O)(=O)Nc1cc2c(N(c3cc4cn[nH]c4c4ccccc34)C(C)c3ccccc3)ncnc2cn1. The van der Waals surface area contributed by atoms with Gasteiger partial charge in [0.25, 0.3) is 10.0 Å². The minimum Gasteiger partial charge on any atom is -0.318 e. The number of rotatable bonds is 7. The van der Waals surface area contributed by atoms with Crippen LogP contribution in [-0.2, 0) is 10.0 Å². The molecule has 9 nitrogen and oxygen atoms in total. The van der Waals surface area contributed by atoms with Crippen LogP contribution in [0.1, 0.15) is 18.5 Å². The maximum atomic E-state index is 12.2. The molecule has 0 spiro atoms. The van der Waals surface area contributed by atoms with E-state index >= 15 is 0 Å².